The van der Waals surface area contributed by atoms with E-state index in [0.717, 1.165) is 59.7 Å². The van der Waals surface area contributed by atoms with Gasteiger partial charge in [0.25, 0.3) is 0 Å². The number of furan rings is 1. The molecule has 0 aliphatic carbocycles. The number of fused-ring (bicyclic) bond motifs is 1. The van der Waals surface area contributed by atoms with Gasteiger partial charge < -0.3 is 18.8 Å². The summed E-state index contributed by atoms with van der Waals surface area (Å²) in [5.74, 6) is 0.527. The molecular formula is C26H23NO4S. The Balaban J connectivity index is 1.55. The number of hydrogen-bond donors (Lipinski definition) is 0. The van der Waals surface area contributed by atoms with E-state index in [1.165, 1.54) is 12.8 Å². The molecular weight excluding hydrogens is 422 g/mol. The fraction of sp³-hybridized carbons (Fsp3) is 0.192. The smallest absolute Gasteiger partial charge is 0.337 e. The number of methoxy groups -OCH3 is 1. The van der Waals surface area contributed by atoms with Gasteiger partial charge in [0.2, 0.25) is 0 Å². The molecule has 2 aromatic heterocycles. The van der Waals surface area contributed by atoms with Crippen LogP contribution in [0.25, 0.3) is 34.4 Å². The molecule has 5 nitrogen and oxygen atoms in total. The molecule has 5 rings (SSSR count). The SMILES string of the molecule is COC(=O)c1ccc(/C=C/c2c(-c3ccsc3)oc3ccc(N4CCOCC4)cc23)cc1. The van der Waals surface area contributed by atoms with Crippen molar-refractivity contribution >= 4 is 46.1 Å². The maximum Gasteiger partial charge on any atom is 0.337 e. The number of nitrogens with zero attached hydrogens (tertiary/aromatic N) is 1. The molecule has 0 spiro atoms. The van der Waals surface area contributed by atoms with E-state index < -0.39 is 0 Å². The van der Waals surface area contributed by atoms with Gasteiger partial charge in [-0.2, -0.15) is 11.3 Å². The third-order valence-corrected chi connectivity index (χ3v) is 6.33. The third kappa shape index (κ3) is 4.07. The summed E-state index contributed by atoms with van der Waals surface area (Å²) < 4.78 is 16.6. The van der Waals surface area contributed by atoms with Crippen LogP contribution in [-0.2, 0) is 9.47 Å². The van der Waals surface area contributed by atoms with Crippen molar-refractivity contribution in [1.82, 2.24) is 0 Å². The van der Waals surface area contributed by atoms with Crippen LogP contribution in [0.4, 0.5) is 5.69 Å². The largest absolute Gasteiger partial charge is 0.465 e. The normalized spacial score (nSPS) is 14.3. The number of rotatable bonds is 5. The van der Waals surface area contributed by atoms with E-state index in [9.17, 15) is 4.79 Å². The minimum absolute atomic E-state index is 0.336. The van der Waals surface area contributed by atoms with E-state index in [-0.39, 0.29) is 5.97 Å². The minimum Gasteiger partial charge on any atom is -0.465 e. The Morgan fingerprint density at radius 2 is 1.88 bits per heavy atom. The first-order chi connectivity index (χ1) is 15.7. The van der Waals surface area contributed by atoms with Crippen LogP contribution < -0.4 is 4.90 Å². The third-order valence-electron chi connectivity index (χ3n) is 5.64. The highest BCUT2D eigenvalue weighted by atomic mass is 32.1. The molecule has 1 aliphatic rings. The van der Waals surface area contributed by atoms with E-state index in [2.05, 4.69) is 46.0 Å². The zero-order chi connectivity index (χ0) is 21.9. The Morgan fingerprint density at radius 3 is 2.59 bits per heavy atom. The molecule has 0 unspecified atom stereocenters. The summed E-state index contributed by atoms with van der Waals surface area (Å²) in [6.07, 6.45) is 4.14. The molecule has 0 saturated carbocycles. The molecule has 3 heterocycles. The van der Waals surface area contributed by atoms with Crippen molar-refractivity contribution in [2.24, 2.45) is 0 Å². The lowest BCUT2D eigenvalue weighted by molar-refractivity contribution is 0.0600. The van der Waals surface area contributed by atoms with Crippen LogP contribution in [0, 0.1) is 0 Å². The van der Waals surface area contributed by atoms with Crippen LogP contribution in [-0.4, -0.2) is 39.4 Å². The van der Waals surface area contributed by atoms with Gasteiger partial charge in [-0.1, -0.05) is 18.2 Å². The number of anilines is 1. The van der Waals surface area contributed by atoms with Gasteiger partial charge in [0.1, 0.15) is 11.3 Å². The molecule has 162 valence electrons. The summed E-state index contributed by atoms with van der Waals surface area (Å²) in [5.41, 5.74) is 5.69. The molecule has 4 aromatic rings. The lowest BCUT2D eigenvalue weighted by Crippen LogP contribution is -2.36. The number of hydrogen-bond acceptors (Lipinski definition) is 6. The van der Waals surface area contributed by atoms with Crippen molar-refractivity contribution in [3.8, 4) is 11.3 Å². The van der Waals surface area contributed by atoms with Crippen LogP contribution in [0.2, 0.25) is 0 Å². The monoisotopic (exact) mass is 445 g/mol. The van der Waals surface area contributed by atoms with Crippen LogP contribution in [0.5, 0.6) is 0 Å². The van der Waals surface area contributed by atoms with Crippen LogP contribution >= 0.6 is 11.3 Å². The molecule has 0 radical (unpaired) electrons. The van der Waals surface area contributed by atoms with Gasteiger partial charge in [-0.3, -0.25) is 0 Å². The van der Waals surface area contributed by atoms with Crippen molar-refractivity contribution in [3.63, 3.8) is 0 Å². The quantitative estimate of drug-likeness (QED) is 0.355. The molecule has 0 atom stereocenters. The van der Waals surface area contributed by atoms with Crippen molar-refractivity contribution in [2.45, 2.75) is 0 Å². The number of thiophene rings is 1. The topological polar surface area (TPSA) is 51.9 Å². The number of morpholine rings is 1. The standard InChI is InChI=1S/C26H23NO4S/c1-29-26(28)19-5-2-18(3-6-19)4-8-22-23-16-21(27-11-13-30-14-12-27)7-9-24(23)31-25(22)20-10-15-32-17-20/h2-10,15-17H,11-14H2,1H3/b8-4+. The molecule has 6 heteroatoms. The summed E-state index contributed by atoms with van der Waals surface area (Å²) in [5, 5.41) is 5.24. The summed E-state index contributed by atoms with van der Waals surface area (Å²) >= 11 is 1.65. The second-order valence-corrected chi connectivity index (χ2v) is 8.36. The van der Waals surface area contributed by atoms with Gasteiger partial charge in [0.15, 0.2) is 0 Å². The highest BCUT2D eigenvalue weighted by Gasteiger charge is 2.17. The molecule has 1 saturated heterocycles. The van der Waals surface area contributed by atoms with E-state index in [4.69, 9.17) is 13.9 Å². The van der Waals surface area contributed by atoms with Crippen LogP contribution in [0.15, 0.2) is 63.7 Å². The average Bonchev–Trinajstić information content (AvgIpc) is 3.50. The molecule has 0 N–H and O–H groups in total. The number of esters is 1. The van der Waals surface area contributed by atoms with Gasteiger partial charge in [-0.05, 0) is 53.4 Å². The molecule has 2 aromatic carbocycles. The average molecular weight is 446 g/mol. The van der Waals surface area contributed by atoms with Gasteiger partial charge in [-0.25, -0.2) is 4.79 Å². The van der Waals surface area contributed by atoms with Gasteiger partial charge in [0, 0.05) is 40.7 Å². The lowest BCUT2D eigenvalue weighted by atomic mass is 10.0. The maximum atomic E-state index is 11.7. The minimum atomic E-state index is -0.336. The number of benzene rings is 2. The molecule has 1 fully saturated rings. The Kier molecular flexibility index (Phi) is 5.79. The lowest BCUT2D eigenvalue weighted by Gasteiger charge is -2.28. The zero-order valence-corrected chi connectivity index (χ0v) is 18.6. The summed E-state index contributed by atoms with van der Waals surface area (Å²) in [4.78, 5) is 14.0. The number of ether oxygens (including phenoxy) is 2. The van der Waals surface area contributed by atoms with Crippen molar-refractivity contribution in [2.75, 3.05) is 38.3 Å². The Hall–Kier alpha value is -3.35. The Labute approximate surface area is 190 Å². The first-order valence-electron chi connectivity index (χ1n) is 10.5. The summed E-state index contributed by atoms with van der Waals surface area (Å²) in [6.45, 7) is 3.27. The summed E-state index contributed by atoms with van der Waals surface area (Å²) in [7, 11) is 1.39. The van der Waals surface area contributed by atoms with E-state index >= 15 is 0 Å². The molecule has 32 heavy (non-hydrogen) atoms. The second kappa shape index (κ2) is 9.02. The number of carbonyl (C=O) groups excluding carboxylic acids is 1. The number of carbonyl (C=O) groups is 1. The Morgan fingerprint density at radius 1 is 1.06 bits per heavy atom. The second-order valence-electron chi connectivity index (χ2n) is 7.58. The first-order valence-corrected chi connectivity index (χ1v) is 11.5. The predicted octanol–water partition coefficient (Wildman–Crippen LogP) is 5.95. The highest BCUT2D eigenvalue weighted by Crippen LogP contribution is 2.37. The van der Waals surface area contributed by atoms with Gasteiger partial charge >= 0.3 is 5.97 Å². The van der Waals surface area contributed by atoms with Crippen LogP contribution in [0.1, 0.15) is 21.5 Å². The fourth-order valence-corrected chi connectivity index (χ4v) is 4.56. The van der Waals surface area contributed by atoms with Gasteiger partial charge in [0.05, 0.1) is 25.9 Å². The van der Waals surface area contributed by atoms with E-state index in [1.54, 1.807) is 23.5 Å². The maximum absolute atomic E-state index is 11.7. The van der Waals surface area contributed by atoms with E-state index in [0.29, 0.717) is 5.56 Å². The van der Waals surface area contributed by atoms with E-state index in [1.807, 2.05) is 18.2 Å². The molecule has 1 aliphatic heterocycles. The first kappa shape index (κ1) is 20.5. The molecule has 0 bridgehead atoms. The Bertz CT molecular complexity index is 1250. The van der Waals surface area contributed by atoms with Crippen molar-refractivity contribution < 1.29 is 18.7 Å². The molecule has 0 amide bonds. The summed E-state index contributed by atoms with van der Waals surface area (Å²) in [6, 6.07) is 15.8. The van der Waals surface area contributed by atoms with Gasteiger partial charge in [-0.15, -0.1) is 0 Å². The predicted molar refractivity (Wildman–Crippen MR) is 129 cm³/mol. The highest BCUT2D eigenvalue weighted by molar-refractivity contribution is 7.08. The zero-order valence-electron chi connectivity index (χ0n) is 17.7. The van der Waals surface area contributed by atoms with Crippen LogP contribution in [0.3, 0.4) is 0 Å². The fourth-order valence-electron chi connectivity index (χ4n) is 3.92. The van der Waals surface area contributed by atoms with Crippen molar-refractivity contribution in [3.05, 3.63) is 76.0 Å². The van der Waals surface area contributed by atoms with Crippen molar-refractivity contribution in [1.29, 1.82) is 0 Å².